The summed E-state index contributed by atoms with van der Waals surface area (Å²) in [6.45, 7) is 2.28. The molecule has 1 aromatic rings. The number of rotatable bonds is 8. The summed E-state index contributed by atoms with van der Waals surface area (Å²) in [5, 5.41) is 2.85. The van der Waals surface area contributed by atoms with E-state index < -0.39 is 0 Å². The molecule has 6 heteroatoms. The van der Waals surface area contributed by atoms with Crippen molar-refractivity contribution in [3.8, 4) is 17.2 Å². The van der Waals surface area contributed by atoms with Crippen molar-refractivity contribution in [3.05, 3.63) is 17.7 Å². The van der Waals surface area contributed by atoms with Crippen molar-refractivity contribution in [1.82, 2.24) is 5.32 Å². The van der Waals surface area contributed by atoms with E-state index in [-0.39, 0.29) is 11.9 Å². The third kappa shape index (κ3) is 5.15. The first-order valence-electron chi connectivity index (χ1n) is 6.83. The molecule has 0 fully saturated rings. The molecule has 0 bridgehead atoms. The summed E-state index contributed by atoms with van der Waals surface area (Å²) in [5.41, 5.74) is 6.50. The summed E-state index contributed by atoms with van der Waals surface area (Å²) in [7, 11) is 4.67. The predicted molar refractivity (Wildman–Crippen MR) is 80.8 cm³/mol. The summed E-state index contributed by atoms with van der Waals surface area (Å²) >= 11 is 0. The van der Waals surface area contributed by atoms with Gasteiger partial charge in [0.25, 0.3) is 0 Å². The van der Waals surface area contributed by atoms with Gasteiger partial charge < -0.3 is 25.3 Å². The average molecular weight is 296 g/mol. The summed E-state index contributed by atoms with van der Waals surface area (Å²) in [6, 6.07) is 3.65. The number of carbonyl (C=O) groups is 1. The third-order valence-electron chi connectivity index (χ3n) is 3.04. The smallest absolute Gasteiger partial charge is 0.220 e. The first-order valence-corrected chi connectivity index (χ1v) is 6.83. The Labute approximate surface area is 125 Å². The Morgan fingerprint density at radius 1 is 1.19 bits per heavy atom. The molecule has 118 valence electrons. The van der Waals surface area contributed by atoms with E-state index in [0.717, 1.165) is 5.56 Å². The Morgan fingerprint density at radius 2 is 1.76 bits per heavy atom. The molecule has 1 unspecified atom stereocenters. The van der Waals surface area contributed by atoms with Gasteiger partial charge in [-0.05, 0) is 31.0 Å². The van der Waals surface area contributed by atoms with Crippen molar-refractivity contribution in [2.24, 2.45) is 5.73 Å². The Bertz CT molecular complexity index is 450. The topological polar surface area (TPSA) is 82.8 Å². The van der Waals surface area contributed by atoms with Gasteiger partial charge in [-0.2, -0.15) is 0 Å². The van der Waals surface area contributed by atoms with Gasteiger partial charge in [0.1, 0.15) is 0 Å². The zero-order valence-electron chi connectivity index (χ0n) is 13.1. The lowest BCUT2D eigenvalue weighted by atomic mass is 10.1. The van der Waals surface area contributed by atoms with Gasteiger partial charge in [-0.1, -0.05) is 0 Å². The largest absolute Gasteiger partial charge is 0.493 e. The fourth-order valence-electron chi connectivity index (χ4n) is 1.89. The molecule has 0 aromatic heterocycles. The standard InChI is InChI=1S/C15H24N2O4/c1-10(16)5-6-14(18)17-9-11-7-12(19-2)15(21-4)13(8-11)20-3/h7-8,10H,5-6,9,16H2,1-4H3,(H,17,18). The molecule has 0 saturated heterocycles. The van der Waals surface area contributed by atoms with Gasteiger partial charge in [0.2, 0.25) is 11.7 Å². The van der Waals surface area contributed by atoms with Crippen molar-refractivity contribution in [2.75, 3.05) is 21.3 Å². The minimum Gasteiger partial charge on any atom is -0.493 e. The molecule has 0 aliphatic carbocycles. The van der Waals surface area contributed by atoms with E-state index in [1.807, 2.05) is 19.1 Å². The van der Waals surface area contributed by atoms with Gasteiger partial charge in [0, 0.05) is 19.0 Å². The molecule has 3 N–H and O–H groups in total. The SMILES string of the molecule is COc1cc(CNC(=O)CCC(C)N)cc(OC)c1OC. The van der Waals surface area contributed by atoms with E-state index in [4.69, 9.17) is 19.9 Å². The maximum absolute atomic E-state index is 11.7. The zero-order valence-corrected chi connectivity index (χ0v) is 13.1. The number of nitrogens with two attached hydrogens (primary N) is 1. The number of methoxy groups -OCH3 is 3. The summed E-state index contributed by atoms with van der Waals surface area (Å²) in [6.07, 6.45) is 1.09. The van der Waals surface area contributed by atoms with Crippen LogP contribution in [0, 0.1) is 0 Å². The second kappa shape index (κ2) is 8.36. The van der Waals surface area contributed by atoms with Crippen molar-refractivity contribution in [3.63, 3.8) is 0 Å². The number of carbonyl (C=O) groups excluding carboxylic acids is 1. The molecule has 1 atom stereocenters. The Hall–Kier alpha value is -1.95. The van der Waals surface area contributed by atoms with E-state index in [1.165, 1.54) is 0 Å². The van der Waals surface area contributed by atoms with Gasteiger partial charge in [0.05, 0.1) is 21.3 Å². The molecule has 6 nitrogen and oxygen atoms in total. The van der Waals surface area contributed by atoms with Gasteiger partial charge in [-0.3, -0.25) is 4.79 Å². The summed E-state index contributed by atoms with van der Waals surface area (Å²) in [5.74, 6) is 1.64. The molecule has 0 saturated carbocycles. The zero-order chi connectivity index (χ0) is 15.8. The van der Waals surface area contributed by atoms with Crippen LogP contribution in [0.15, 0.2) is 12.1 Å². The van der Waals surface area contributed by atoms with Crippen LogP contribution in [0.25, 0.3) is 0 Å². The molecule has 0 spiro atoms. The predicted octanol–water partition coefficient (Wildman–Crippen LogP) is 1.46. The maximum Gasteiger partial charge on any atom is 0.220 e. The molecule has 1 amide bonds. The Kier molecular flexibility index (Phi) is 6.81. The third-order valence-corrected chi connectivity index (χ3v) is 3.04. The number of amides is 1. The summed E-state index contributed by atoms with van der Waals surface area (Å²) < 4.78 is 15.8. The van der Waals surface area contributed by atoms with Crippen LogP contribution in [-0.2, 0) is 11.3 Å². The number of ether oxygens (including phenoxy) is 3. The van der Waals surface area contributed by atoms with Gasteiger partial charge in [-0.25, -0.2) is 0 Å². The maximum atomic E-state index is 11.7. The minimum absolute atomic E-state index is 0.0249. The van der Waals surface area contributed by atoms with Gasteiger partial charge in [-0.15, -0.1) is 0 Å². The normalized spacial score (nSPS) is 11.7. The highest BCUT2D eigenvalue weighted by molar-refractivity contribution is 5.76. The van der Waals surface area contributed by atoms with Crippen LogP contribution in [0.2, 0.25) is 0 Å². The van der Waals surface area contributed by atoms with Crippen molar-refractivity contribution < 1.29 is 19.0 Å². The monoisotopic (exact) mass is 296 g/mol. The highest BCUT2D eigenvalue weighted by atomic mass is 16.5. The molecule has 21 heavy (non-hydrogen) atoms. The van der Waals surface area contributed by atoms with E-state index >= 15 is 0 Å². The quantitative estimate of drug-likeness (QED) is 0.759. The molecule has 0 aliphatic heterocycles. The molecule has 0 heterocycles. The van der Waals surface area contributed by atoms with Gasteiger partial charge in [0.15, 0.2) is 11.5 Å². The fraction of sp³-hybridized carbons (Fsp3) is 0.533. The first kappa shape index (κ1) is 17.1. The number of benzene rings is 1. The molecular formula is C15H24N2O4. The lowest BCUT2D eigenvalue weighted by molar-refractivity contribution is -0.121. The Morgan fingerprint density at radius 3 is 2.19 bits per heavy atom. The van der Waals surface area contributed by atoms with Crippen LogP contribution in [0.5, 0.6) is 17.2 Å². The van der Waals surface area contributed by atoms with E-state index in [0.29, 0.717) is 36.6 Å². The van der Waals surface area contributed by atoms with Crippen LogP contribution in [0.1, 0.15) is 25.3 Å². The van der Waals surface area contributed by atoms with Crippen molar-refractivity contribution >= 4 is 5.91 Å². The lowest BCUT2D eigenvalue weighted by Crippen LogP contribution is -2.25. The second-order valence-corrected chi connectivity index (χ2v) is 4.83. The van der Waals surface area contributed by atoms with Gasteiger partial charge >= 0.3 is 0 Å². The van der Waals surface area contributed by atoms with Crippen LogP contribution >= 0.6 is 0 Å². The van der Waals surface area contributed by atoms with Crippen molar-refractivity contribution in [1.29, 1.82) is 0 Å². The molecular weight excluding hydrogens is 272 g/mol. The average Bonchev–Trinajstić information content (AvgIpc) is 2.49. The number of hydrogen-bond acceptors (Lipinski definition) is 5. The Balaban J connectivity index is 2.73. The van der Waals surface area contributed by atoms with Crippen LogP contribution in [0.3, 0.4) is 0 Å². The molecule has 1 rings (SSSR count). The lowest BCUT2D eigenvalue weighted by Gasteiger charge is -2.14. The molecule has 0 radical (unpaired) electrons. The molecule has 0 aliphatic rings. The van der Waals surface area contributed by atoms with E-state index in [1.54, 1.807) is 21.3 Å². The number of nitrogens with one attached hydrogen (secondary N) is 1. The first-order chi connectivity index (χ1) is 10.0. The molecule has 1 aromatic carbocycles. The summed E-state index contributed by atoms with van der Waals surface area (Å²) in [4.78, 5) is 11.7. The van der Waals surface area contributed by atoms with Crippen LogP contribution < -0.4 is 25.3 Å². The van der Waals surface area contributed by atoms with E-state index in [2.05, 4.69) is 5.32 Å². The van der Waals surface area contributed by atoms with Crippen LogP contribution in [0.4, 0.5) is 0 Å². The second-order valence-electron chi connectivity index (χ2n) is 4.83. The van der Waals surface area contributed by atoms with Crippen LogP contribution in [-0.4, -0.2) is 33.3 Å². The highest BCUT2D eigenvalue weighted by Crippen LogP contribution is 2.38. The van der Waals surface area contributed by atoms with Crippen molar-refractivity contribution in [2.45, 2.75) is 32.4 Å². The fourth-order valence-corrected chi connectivity index (χ4v) is 1.89. The highest BCUT2D eigenvalue weighted by Gasteiger charge is 2.13. The number of hydrogen-bond donors (Lipinski definition) is 2. The van der Waals surface area contributed by atoms with E-state index in [9.17, 15) is 4.79 Å². The minimum atomic E-state index is -0.0268.